The molecule has 18 heavy (non-hydrogen) atoms. The van der Waals surface area contributed by atoms with Crippen LogP contribution in [0.4, 0.5) is 0 Å². The summed E-state index contributed by atoms with van der Waals surface area (Å²) in [5.74, 6) is -0.368. The van der Waals surface area contributed by atoms with Gasteiger partial charge in [0.25, 0.3) is 0 Å². The van der Waals surface area contributed by atoms with Crippen molar-refractivity contribution in [1.82, 2.24) is 0 Å². The van der Waals surface area contributed by atoms with E-state index in [1.54, 1.807) is 0 Å². The average molecular weight is 324 g/mol. The van der Waals surface area contributed by atoms with E-state index in [4.69, 9.17) is 11.5 Å². The third-order valence-corrected chi connectivity index (χ3v) is 2.14. The van der Waals surface area contributed by atoms with Crippen molar-refractivity contribution in [3.05, 3.63) is 43.3 Å². The van der Waals surface area contributed by atoms with Gasteiger partial charge in [-0.25, -0.2) is 0 Å². The van der Waals surface area contributed by atoms with Gasteiger partial charge in [-0.15, -0.1) is 0 Å². The van der Waals surface area contributed by atoms with E-state index in [0.717, 1.165) is 12.8 Å². The number of carbonyl (C=O) groups is 1. The van der Waals surface area contributed by atoms with Crippen LogP contribution in [0.1, 0.15) is 32.3 Å². The Balaban J connectivity index is -0.000000200. The first-order chi connectivity index (χ1) is 7.54. The fraction of sp³-hybridized carbons (Fsp3) is 0.429. The number of rotatable bonds is 1. The Morgan fingerprint density at radius 3 is 2.00 bits per heavy atom. The third-order valence-electron chi connectivity index (χ3n) is 2.14. The molecular weight excluding hydrogens is 300 g/mol. The Hall–Kier alpha value is 0.131. The van der Waals surface area contributed by atoms with Crippen molar-refractivity contribution in [3.8, 4) is 0 Å². The van der Waals surface area contributed by atoms with Crippen LogP contribution in [0.25, 0.3) is 0 Å². The minimum Gasteiger partial charge on any atom is -0.368 e. The van der Waals surface area contributed by atoms with Crippen LogP contribution in [0.5, 0.6) is 0 Å². The topological polar surface area (TPSA) is 69.1 Å². The molecular formula is C14H24N2OSr. The average Bonchev–Trinajstić information content (AvgIpc) is 3.03. The van der Waals surface area contributed by atoms with Crippen LogP contribution in [0.2, 0.25) is 0 Å². The maximum Gasteiger partial charge on any atom is 2.00 e. The predicted molar refractivity (Wildman–Crippen MR) is 78.9 cm³/mol. The minimum absolute atomic E-state index is 0. The Bertz CT molecular complexity index is 311. The van der Waals surface area contributed by atoms with E-state index in [2.05, 4.69) is 19.1 Å². The molecule has 1 fully saturated rings. The first kappa shape index (κ1) is 23.2. The molecule has 98 valence electrons. The maximum absolute atomic E-state index is 10.2. The molecule has 0 heterocycles. The van der Waals surface area contributed by atoms with Crippen LogP contribution in [0, 0.1) is 20.4 Å². The van der Waals surface area contributed by atoms with Gasteiger partial charge in [-0.1, -0.05) is 20.8 Å². The van der Waals surface area contributed by atoms with Gasteiger partial charge in [0.1, 0.15) is 0 Å². The zero-order chi connectivity index (χ0) is 12.6. The normalized spacial score (nSPS) is 13.1. The molecule has 1 aliphatic carbocycles. The number of amides is 1. The van der Waals surface area contributed by atoms with Crippen LogP contribution >= 0.6 is 0 Å². The molecule has 0 saturated heterocycles. The summed E-state index contributed by atoms with van der Waals surface area (Å²) in [5, 5.41) is 0. The van der Waals surface area contributed by atoms with Gasteiger partial charge in [0.2, 0.25) is 5.91 Å². The second kappa shape index (κ2) is 12.2. The molecule has 0 aliphatic heterocycles. The van der Waals surface area contributed by atoms with Gasteiger partial charge < -0.3 is 18.9 Å². The summed E-state index contributed by atoms with van der Waals surface area (Å²) in [4.78, 5) is 10.2. The van der Waals surface area contributed by atoms with E-state index in [1.807, 2.05) is 32.0 Å². The third kappa shape index (κ3) is 10.1. The summed E-state index contributed by atoms with van der Waals surface area (Å²) >= 11 is 0. The summed E-state index contributed by atoms with van der Waals surface area (Å²) in [6, 6.07) is 10.8. The summed E-state index contributed by atoms with van der Waals surface area (Å²) < 4.78 is 0. The van der Waals surface area contributed by atoms with E-state index in [1.165, 1.54) is 5.56 Å². The van der Waals surface area contributed by atoms with E-state index in [-0.39, 0.29) is 58.8 Å². The molecule has 0 radical (unpaired) electrons. The number of aryl methyl sites for hydroxylation is 1. The van der Waals surface area contributed by atoms with Crippen molar-refractivity contribution in [2.24, 2.45) is 11.5 Å². The molecule has 4 N–H and O–H groups in total. The molecule has 0 aromatic heterocycles. The molecule has 1 saturated carbocycles. The van der Waals surface area contributed by atoms with Crippen molar-refractivity contribution < 1.29 is 4.79 Å². The number of nitrogens with two attached hydrogens (primary N) is 2. The Labute approximate surface area is 149 Å². The first-order valence-corrected chi connectivity index (χ1v) is 5.56. The SMILES string of the molecule is CC.Cc1c[c-]ccc1.NC(=O)C1(N)CC1.[CH3-].[Sr+2]. The molecule has 1 aliphatic rings. The summed E-state index contributed by atoms with van der Waals surface area (Å²) in [6.45, 7) is 6.05. The molecule has 0 bridgehead atoms. The van der Waals surface area contributed by atoms with E-state index in [9.17, 15) is 4.79 Å². The van der Waals surface area contributed by atoms with Crippen molar-refractivity contribution >= 4 is 51.4 Å². The number of hydrogen-bond donors (Lipinski definition) is 2. The molecule has 0 spiro atoms. The van der Waals surface area contributed by atoms with Gasteiger partial charge in [0, 0.05) is 0 Å². The Kier molecular flexibility index (Phi) is 15.7. The second-order valence-electron chi connectivity index (χ2n) is 3.60. The van der Waals surface area contributed by atoms with Gasteiger partial charge in [0.05, 0.1) is 5.54 Å². The molecule has 0 unspecified atom stereocenters. The Morgan fingerprint density at radius 1 is 1.39 bits per heavy atom. The number of benzene rings is 1. The van der Waals surface area contributed by atoms with Crippen molar-refractivity contribution in [2.45, 2.75) is 39.2 Å². The minimum atomic E-state index is -0.611. The summed E-state index contributed by atoms with van der Waals surface area (Å²) in [5.41, 5.74) is 10.8. The molecule has 2 rings (SSSR count). The zero-order valence-corrected chi connectivity index (χ0v) is 15.5. The van der Waals surface area contributed by atoms with Crippen LogP contribution in [-0.2, 0) is 4.79 Å². The van der Waals surface area contributed by atoms with Gasteiger partial charge in [0.15, 0.2) is 0 Å². The van der Waals surface area contributed by atoms with Crippen molar-refractivity contribution in [3.63, 3.8) is 0 Å². The van der Waals surface area contributed by atoms with Gasteiger partial charge >= 0.3 is 45.5 Å². The molecule has 3 nitrogen and oxygen atoms in total. The van der Waals surface area contributed by atoms with Gasteiger partial charge in [-0.05, 0) is 12.8 Å². The molecule has 4 heteroatoms. The maximum atomic E-state index is 10.2. The van der Waals surface area contributed by atoms with Gasteiger partial charge in [-0.3, -0.25) is 4.79 Å². The van der Waals surface area contributed by atoms with E-state index in [0.29, 0.717) is 0 Å². The van der Waals surface area contributed by atoms with Crippen LogP contribution < -0.4 is 11.5 Å². The monoisotopic (exact) mass is 324 g/mol. The van der Waals surface area contributed by atoms with E-state index >= 15 is 0 Å². The fourth-order valence-electron chi connectivity index (χ4n) is 0.864. The smallest absolute Gasteiger partial charge is 0.368 e. The van der Waals surface area contributed by atoms with Crippen LogP contribution in [0.3, 0.4) is 0 Å². The Morgan fingerprint density at radius 2 is 1.89 bits per heavy atom. The molecule has 1 aromatic rings. The van der Waals surface area contributed by atoms with Gasteiger partial charge in [-0.2, -0.15) is 35.9 Å². The quantitative estimate of drug-likeness (QED) is 0.611. The molecule has 0 atom stereocenters. The molecule has 1 amide bonds. The van der Waals surface area contributed by atoms with Crippen LogP contribution in [-0.4, -0.2) is 56.9 Å². The largest absolute Gasteiger partial charge is 2.00 e. The van der Waals surface area contributed by atoms with E-state index < -0.39 is 5.54 Å². The van der Waals surface area contributed by atoms with Crippen molar-refractivity contribution in [1.29, 1.82) is 0 Å². The van der Waals surface area contributed by atoms with Crippen LogP contribution in [0.15, 0.2) is 24.3 Å². The van der Waals surface area contributed by atoms with Crippen molar-refractivity contribution in [2.75, 3.05) is 0 Å². The summed E-state index contributed by atoms with van der Waals surface area (Å²) in [7, 11) is 0. The number of primary amides is 1. The zero-order valence-electron chi connectivity index (χ0n) is 12.0. The number of hydrogen-bond acceptors (Lipinski definition) is 2. The second-order valence-corrected chi connectivity index (χ2v) is 3.60. The molecule has 1 aromatic carbocycles. The first-order valence-electron chi connectivity index (χ1n) is 5.56. The summed E-state index contributed by atoms with van der Waals surface area (Å²) in [6.07, 6.45) is 1.53. The fourth-order valence-corrected chi connectivity index (χ4v) is 0.864. The standard InChI is InChI=1S/C7H7.C4H8N2O.C2H6.CH3.Sr/c1-7-5-3-2-4-6-7;5-3(7)4(6)1-2-4;1-2;;/h2-3,5-6H,1H3;1-2,6H2,(H2,5,7);1-2H3;1H3;/q-1;;;-1;+2. The predicted octanol–water partition coefficient (Wildman–Crippen LogP) is 1.85. The number of carbonyl (C=O) groups excluding carboxylic acids is 1.